The Balaban J connectivity index is 1.20. The highest BCUT2D eigenvalue weighted by molar-refractivity contribution is 5.86. The topological polar surface area (TPSA) is 41.1 Å². The minimum Gasteiger partial charge on any atom is -0.313 e. The van der Waals surface area contributed by atoms with Crippen LogP contribution in [0, 0.1) is 58.2 Å². The molecule has 8 saturated carbocycles. The monoisotopic (exact) mass is 492 g/mol. The zero-order chi connectivity index (χ0) is 23.9. The van der Waals surface area contributed by atoms with Crippen molar-refractivity contribution in [2.45, 2.75) is 128 Å². The summed E-state index contributed by atoms with van der Waals surface area (Å²) in [7, 11) is 0. The number of carbonyl (C=O) groups is 1. The number of carbonyl (C=O) groups excluding carboxylic acids is 1. The molecule has 8 bridgehead atoms. The van der Waals surface area contributed by atoms with Crippen LogP contribution in [0.4, 0.5) is 0 Å². The van der Waals surface area contributed by atoms with Crippen LogP contribution in [0.2, 0.25) is 0 Å². The van der Waals surface area contributed by atoms with Crippen LogP contribution >= 0.6 is 0 Å². The lowest BCUT2D eigenvalue weighted by Gasteiger charge is -2.63. The van der Waals surface area contributed by atoms with E-state index < -0.39 is 0 Å². The summed E-state index contributed by atoms with van der Waals surface area (Å²) >= 11 is 0. The van der Waals surface area contributed by atoms with E-state index in [9.17, 15) is 0 Å². The number of hydrogen-bond donors (Lipinski definition) is 2. The van der Waals surface area contributed by atoms with Crippen molar-refractivity contribution in [3.8, 4) is 0 Å². The molecule has 2 saturated heterocycles. The number of piperidine rings is 2. The second kappa shape index (κ2) is 8.80. The second-order valence-electron chi connectivity index (χ2n) is 16.0. The lowest BCUT2D eigenvalue weighted by atomic mass is 9.41. The Morgan fingerprint density at radius 1 is 0.528 bits per heavy atom. The number of rotatable bonds is 6. The first kappa shape index (κ1) is 23.5. The molecule has 10 aliphatic rings. The molecule has 2 heterocycles. The fourth-order valence-corrected chi connectivity index (χ4v) is 13.5. The van der Waals surface area contributed by atoms with Crippen LogP contribution in [0.5, 0.6) is 0 Å². The van der Waals surface area contributed by atoms with Crippen molar-refractivity contribution in [2.24, 2.45) is 58.2 Å². The third-order valence-corrected chi connectivity index (χ3v) is 13.6. The Labute approximate surface area is 220 Å². The number of nitrogens with one attached hydrogen (secondary N) is 2. The normalized spacial score (nSPS) is 52.9. The Hall–Kier alpha value is -0.410. The van der Waals surface area contributed by atoms with Crippen molar-refractivity contribution in [1.29, 1.82) is 0 Å². The lowest BCUT2D eigenvalue weighted by Crippen LogP contribution is -2.63. The van der Waals surface area contributed by atoms with Gasteiger partial charge in [-0.2, -0.15) is 0 Å². The molecule has 3 nitrogen and oxygen atoms in total. The van der Waals surface area contributed by atoms with E-state index in [1.807, 2.05) is 0 Å². The van der Waals surface area contributed by atoms with E-state index in [-0.39, 0.29) is 0 Å². The molecule has 0 amide bonds. The van der Waals surface area contributed by atoms with Crippen molar-refractivity contribution >= 4 is 5.78 Å². The average molecular weight is 493 g/mol. The molecular formula is C33H52N2O. The van der Waals surface area contributed by atoms with Crippen LogP contribution in [0.25, 0.3) is 0 Å². The van der Waals surface area contributed by atoms with Crippen molar-refractivity contribution in [1.82, 2.24) is 10.6 Å². The second-order valence-corrected chi connectivity index (χ2v) is 16.0. The fraction of sp³-hybridized carbons (Fsp3) is 0.970. The van der Waals surface area contributed by atoms with Crippen LogP contribution in [0.15, 0.2) is 0 Å². The third kappa shape index (κ3) is 3.75. The largest absolute Gasteiger partial charge is 0.313 e. The van der Waals surface area contributed by atoms with Gasteiger partial charge in [0.15, 0.2) is 0 Å². The van der Waals surface area contributed by atoms with Gasteiger partial charge in [-0.05, 0) is 162 Å². The molecule has 2 N–H and O–H groups in total. The van der Waals surface area contributed by atoms with E-state index in [1.165, 1.54) is 116 Å². The van der Waals surface area contributed by atoms with Gasteiger partial charge in [0, 0.05) is 23.9 Å². The number of hydrogen-bond acceptors (Lipinski definition) is 3. The molecule has 36 heavy (non-hydrogen) atoms. The molecule has 0 aromatic heterocycles. The van der Waals surface area contributed by atoms with Crippen molar-refractivity contribution in [3.05, 3.63) is 0 Å². The lowest BCUT2D eigenvalue weighted by molar-refractivity contribution is -0.163. The van der Waals surface area contributed by atoms with E-state index in [2.05, 4.69) is 10.6 Å². The van der Waals surface area contributed by atoms with Gasteiger partial charge < -0.3 is 10.6 Å². The van der Waals surface area contributed by atoms with Gasteiger partial charge in [-0.3, -0.25) is 4.79 Å². The first-order valence-electron chi connectivity index (χ1n) is 16.6. The minimum atomic E-state index is 0.299. The Morgan fingerprint density at radius 3 is 1.14 bits per heavy atom. The van der Waals surface area contributed by atoms with Gasteiger partial charge >= 0.3 is 0 Å². The summed E-state index contributed by atoms with van der Waals surface area (Å²) in [5.41, 5.74) is 0.659. The number of ketones is 1. The van der Waals surface area contributed by atoms with E-state index in [0.717, 1.165) is 54.4 Å². The third-order valence-electron chi connectivity index (χ3n) is 13.6. The van der Waals surface area contributed by atoms with Crippen molar-refractivity contribution < 1.29 is 4.79 Å². The summed E-state index contributed by atoms with van der Waals surface area (Å²) in [5, 5.41) is 8.03. The predicted octanol–water partition coefficient (Wildman–Crippen LogP) is 6.50. The highest BCUT2D eigenvalue weighted by Gasteiger charge is 2.62. The quantitative estimate of drug-likeness (QED) is 0.444. The molecule has 8 aliphatic carbocycles. The van der Waals surface area contributed by atoms with E-state index in [0.29, 0.717) is 34.7 Å². The molecule has 10 fully saturated rings. The first-order valence-corrected chi connectivity index (χ1v) is 16.6. The van der Waals surface area contributed by atoms with E-state index >= 15 is 4.79 Å². The summed E-state index contributed by atoms with van der Waals surface area (Å²) in [5.74, 6) is 6.98. The maximum absolute atomic E-state index is 15.6. The molecular weight excluding hydrogens is 440 g/mol. The maximum Gasteiger partial charge on any atom is 0.143 e. The van der Waals surface area contributed by atoms with Crippen molar-refractivity contribution in [2.75, 3.05) is 13.1 Å². The highest BCUT2D eigenvalue weighted by Crippen LogP contribution is 2.67. The van der Waals surface area contributed by atoms with E-state index in [4.69, 9.17) is 0 Å². The summed E-state index contributed by atoms with van der Waals surface area (Å²) in [6.45, 7) is 2.29. The molecule has 0 spiro atoms. The maximum atomic E-state index is 15.6. The molecule has 0 aromatic rings. The summed E-state index contributed by atoms with van der Waals surface area (Å²) in [6, 6.07) is 0.921. The Kier molecular flexibility index (Phi) is 5.74. The Morgan fingerprint density at radius 2 is 0.861 bits per heavy atom. The summed E-state index contributed by atoms with van der Waals surface area (Å²) in [6.07, 6.45) is 25.0. The predicted molar refractivity (Wildman–Crippen MR) is 144 cm³/mol. The van der Waals surface area contributed by atoms with E-state index in [1.54, 1.807) is 0 Å². The van der Waals surface area contributed by atoms with Crippen LogP contribution < -0.4 is 10.6 Å². The van der Waals surface area contributed by atoms with Gasteiger partial charge in [-0.1, -0.05) is 12.8 Å². The van der Waals surface area contributed by atoms with Gasteiger partial charge in [0.2, 0.25) is 0 Å². The van der Waals surface area contributed by atoms with Crippen LogP contribution in [-0.4, -0.2) is 31.0 Å². The van der Waals surface area contributed by atoms with Gasteiger partial charge in [0.1, 0.15) is 5.78 Å². The molecule has 0 radical (unpaired) electrons. The molecule has 10 rings (SSSR count). The SMILES string of the molecule is O=C(C(C1CCCCN1)C12CC3CC(CC(C3)C1)C2)C(C1CCCCN1)C12CC3CC(CC(C3)C1)C2. The zero-order valence-corrected chi connectivity index (χ0v) is 22.8. The molecule has 2 aliphatic heterocycles. The fourth-order valence-electron chi connectivity index (χ4n) is 13.5. The molecule has 200 valence electrons. The number of Topliss-reactive ketones (excluding diaryl/α,β-unsaturated/α-hetero) is 1. The van der Waals surface area contributed by atoms with Gasteiger partial charge in [0.05, 0.1) is 0 Å². The zero-order valence-electron chi connectivity index (χ0n) is 22.8. The summed E-state index contributed by atoms with van der Waals surface area (Å²) in [4.78, 5) is 15.6. The first-order chi connectivity index (χ1) is 17.6. The molecule has 4 unspecified atom stereocenters. The molecule has 4 atom stereocenters. The van der Waals surface area contributed by atoms with Gasteiger partial charge in [-0.15, -0.1) is 0 Å². The van der Waals surface area contributed by atoms with Gasteiger partial charge in [0.25, 0.3) is 0 Å². The molecule has 3 heteroatoms. The smallest absolute Gasteiger partial charge is 0.143 e. The van der Waals surface area contributed by atoms with Crippen LogP contribution in [0.3, 0.4) is 0 Å². The molecule has 0 aromatic carbocycles. The van der Waals surface area contributed by atoms with Crippen LogP contribution in [0.1, 0.15) is 116 Å². The minimum absolute atomic E-state index is 0.299. The van der Waals surface area contributed by atoms with Crippen molar-refractivity contribution in [3.63, 3.8) is 0 Å². The summed E-state index contributed by atoms with van der Waals surface area (Å²) < 4.78 is 0. The average Bonchev–Trinajstić information content (AvgIpc) is 2.84. The van der Waals surface area contributed by atoms with Crippen LogP contribution in [-0.2, 0) is 4.79 Å². The Bertz CT molecular complexity index is 713. The standard InChI is InChI=1S/C33H52N2O/c36-31(29(27-5-1-3-7-34-27)32-15-21-9-22(16-32)11-23(10-21)17-32)30(28-6-2-4-8-35-28)33-18-24-12-25(19-33)14-26(13-24)20-33/h21-30,34-35H,1-20H2. The van der Waals surface area contributed by atoms with Gasteiger partial charge in [-0.25, -0.2) is 0 Å². The highest BCUT2D eigenvalue weighted by atomic mass is 16.1.